The van der Waals surface area contributed by atoms with Gasteiger partial charge in [0.2, 0.25) is 0 Å². The van der Waals surface area contributed by atoms with Crippen molar-refractivity contribution in [3.8, 4) is 5.88 Å². The summed E-state index contributed by atoms with van der Waals surface area (Å²) >= 11 is 9.20. The lowest BCUT2D eigenvalue weighted by Gasteiger charge is -2.13. The summed E-state index contributed by atoms with van der Waals surface area (Å²) in [4.78, 5) is 15.9. The smallest absolute Gasteiger partial charge is 0.280 e. The number of hydrogen-bond donors (Lipinski definition) is 2. The van der Waals surface area contributed by atoms with E-state index in [4.69, 9.17) is 16.3 Å². The molecule has 0 saturated heterocycles. The van der Waals surface area contributed by atoms with Gasteiger partial charge in [0.25, 0.3) is 11.4 Å². The fraction of sp³-hybridized carbons (Fsp3) is 0.211. The Kier molecular flexibility index (Phi) is 11.0. The number of benzene rings is 1. The van der Waals surface area contributed by atoms with E-state index in [0.717, 1.165) is 23.4 Å². The largest absolute Gasteiger partial charge is 0.475 e. The predicted octanol–water partition coefficient (Wildman–Crippen LogP) is 5.05. The summed E-state index contributed by atoms with van der Waals surface area (Å²) in [7, 11) is 0. The summed E-state index contributed by atoms with van der Waals surface area (Å²) in [6.07, 6.45) is 5.14. The Morgan fingerprint density at radius 2 is 1.90 bits per heavy atom. The number of aromatic nitrogens is 3. The molecule has 0 saturated carbocycles. The second-order valence-electron chi connectivity index (χ2n) is 5.84. The Morgan fingerprint density at radius 3 is 2.59 bits per heavy atom. The van der Waals surface area contributed by atoms with Gasteiger partial charge in [-0.3, -0.25) is 9.78 Å². The predicted molar refractivity (Wildman–Crippen MR) is 124 cm³/mol. The van der Waals surface area contributed by atoms with E-state index in [0.29, 0.717) is 29.2 Å². The zero-order chi connectivity index (χ0) is 19.1. The van der Waals surface area contributed by atoms with Gasteiger partial charge < -0.3 is 10.1 Å². The summed E-state index contributed by atoms with van der Waals surface area (Å²) in [5.74, 6) is 0.349. The molecule has 0 aliphatic heterocycles. The minimum absolute atomic E-state index is 0. The van der Waals surface area contributed by atoms with Crippen LogP contribution in [0.5, 0.6) is 5.88 Å². The van der Waals surface area contributed by atoms with Crippen molar-refractivity contribution in [1.29, 1.82) is 0 Å². The summed E-state index contributed by atoms with van der Waals surface area (Å²) in [6, 6.07) is 11.5. The molecule has 1 aromatic carbocycles. The number of pyridine rings is 1. The summed E-state index contributed by atoms with van der Waals surface area (Å²) < 4.78 is 6.15. The Labute approximate surface area is 194 Å². The maximum absolute atomic E-state index is 11.9. The van der Waals surface area contributed by atoms with Gasteiger partial charge in [-0.2, -0.15) is 0 Å². The van der Waals surface area contributed by atoms with Gasteiger partial charge in [0.15, 0.2) is 0 Å². The number of hydrogen-bond acceptors (Lipinski definition) is 5. The third kappa shape index (κ3) is 7.51. The topological polar surface area (TPSA) is 79.9 Å². The molecule has 2 aromatic heterocycles. The van der Waals surface area contributed by atoms with Gasteiger partial charge in [0, 0.05) is 24.0 Å². The number of aromatic amines is 1. The van der Waals surface area contributed by atoms with E-state index in [1.807, 2.05) is 36.4 Å². The number of halogens is 4. The van der Waals surface area contributed by atoms with Crippen LogP contribution in [0.25, 0.3) is 0 Å². The van der Waals surface area contributed by atoms with Crippen LogP contribution in [0.1, 0.15) is 17.5 Å². The maximum atomic E-state index is 11.9. The van der Waals surface area contributed by atoms with Gasteiger partial charge in [0.1, 0.15) is 10.2 Å². The average molecular weight is 523 g/mol. The highest BCUT2D eigenvalue weighted by molar-refractivity contribution is 9.10. The number of nitrogens with one attached hydrogen (secondary N) is 2. The Morgan fingerprint density at radius 1 is 1.14 bits per heavy atom. The normalized spacial score (nSPS) is 9.86. The van der Waals surface area contributed by atoms with Crippen molar-refractivity contribution in [2.45, 2.75) is 19.4 Å². The zero-order valence-corrected chi connectivity index (χ0v) is 19.2. The van der Waals surface area contributed by atoms with Crippen LogP contribution in [-0.2, 0) is 13.0 Å². The van der Waals surface area contributed by atoms with Gasteiger partial charge in [-0.05, 0) is 58.1 Å². The molecule has 156 valence electrons. The lowest BCUT2D eigenvalue weighted by molar-refractivity contribution is 0.296. The molecule has 2 N–H and O–H groups in total. The van der Waals surface area contributed by atoms with Crippen LogP contribution in [0.15, 0.2) is 58.1 Å². The first kappa shape index (κ1) is 25.2. The highest BCUT2D eigenvalue weighted by Gasteiger charge is 2.13. The molecular weight excluding hydrogens is 502 g/mol. The Balaban J connectivity index is 0.00000210. The monoisotopic (exact) mass is 520 g/mol. The Bertz CT molecular complexity index is 940. The number of anilines is 1. The number of nitrogens with zero attached hydrogens (tertiary/aromatic N) is 2. The van der Waals surface area contributed by atoms with Gasteiger partial charge in [-0.25, -0.2) is 5.10 Å². The highest BCUT2D eigenvalue weighted by atomic mass is 79.9. The molecule has 0 bridgehead atoms. The molecule has 2 heterocycles. The number of ether oxygens (including phenoxy) is 1. The van der Waals surface area contributed by atoms with Gasteiger partial charge in [0.05, 0.1) is 6.61 Å². The molecule has 10 heteroatoms. The van der Waals surface area contributed by atoms with Crippen LogP contribution in [0, 0.1) is 0 Å². The first-order valence-electron chi connectivity index (χ1n) is 8.41. The third-order valence-corrected chi connectivity index (χ3v) is 4.85. The second-order valence-corrected chi connectivity index (χ2v) is 7.07. The van der Waals surface area contributed by atoms with Crippen LogP contribution in [0.3, 0.4) is 0 Å². The molecule has 3 aromatic rings. The standard InChI is InChI=1S/C19H18BrClN4O2.2ClH/c20-16-17(23-12-14-3-1-9-22-11-14)19(25-24-18(16)26)27-10-2-4-13-5-7-15(21)8-6-13;;/h1,3,5-9,11H,2,4,10,12H2,(H2,23,24,26);2*1H. The minimum atomic E-state index is -0.322. The van der Waals surface area contributed by atoms with E-state index >= 15 is 0 Å². The van der Waals surface area contributed by atoms with E-state index in [1.54, 1.807) is 12.4 Å². The van der Waals surface area contributed by atoms with E-state index in [1.165, 1.54) is 5.56 Å². The van der Waals surface area contributed by atoms with Crippen molar-refractivity contribution >= 4 is 58.0 Å². The van der Waals surface area contributed by atoms with Crippen LogP contribution in [0.4, 0.5) is 5.69 Å². The van der Waals surface area contributed by atoms with Gasteiger partial charge >= 0.3 is 0 Å². The molecule has 0 unspecified atom stereocenters. The zero-order valence-electron chi connectivity index (χ0n) is 15.2. The maximum Gasteiger partial charge on any atom is 0.280 e. The Hall–Kier alpha value is -1.80. The molecule has 3 rings (SSSR count). The van der Waals surface area contributed by atoms with Crippen molar-refractivity contribution in [3.63, 3.8) is 0 Å². The average Bonchev–Trinajstić information content (AvgIpc) is 2.69. The van der Waals surface area contributed by atoms with Crippen molar-refractivity contribution in [2.75, 3.05) is 11.9 Å². The van der Waals surface area contributed by atoms with Crippen LogP contribution in [0.2, 0.25) is 5.02 Å². The van der Waals surface area contributed by atoms with Crippen molar-refractivity contribution < 1.29 is 4.74 Å². The number of aryl methyl sites for hydroxylation is 1. The van der Waals surface area contributed by atoms with Crippen LogP contribution in [-0.4, -0.2) is 21.8 Å². The van der Waals surface area contributed by atoms with Gasteiger partial charge in [-0.15, -0.1) is 29.9 Å². The molecule has 0 fully saturated rings. The molecule has 0 radical (unpaired) electrons. The number of rotatable bonds is 8. The van der Waals surface area contributed by atoms with Crippen molar-refractivity contribution in [3.05, 3.63) is 79.8 Å². The lowest BCUT2D eigenvalue weighted by atomic mass is 10.1. The fourth-order valence-electron chi connectivity index (χ4n) is 2.46. The highest BCUT2D eigenvalue weighted by Crippen LogP contribution is 2.27. The van der Waals surface area contributed by atoms with Crippen molar-refractivity contribution in [1.82, 2.24) is 15.2 Å². The third-order valence-electron chi connectivity index (χ3n) is 3.85. The minimum Gasteiger partial charge on any atom is -0.475 e. The fourth-order valence-corrected chi connectivity index (χ4v) is 2.99. The van der Waals surface area contributed by atoms with Crippen LogP contribution < -0.4 is 15.6 Å². The van der Waals surface area contributed by atoms with Crippen molar-refractivity contribution in [2.24, 2.45) is 0 Å². The SMILES string of the molecule is Cl.Cl.O=c1[nH]nc(OCCCc2ccc(Cl)cc2)c(NCc2cccnc2)c1Br. The quantitative estimate of drug-likeness (QED) is 0.405. The molecule has 29 heavy (non-hydrogen) atoms. The van der Waals surface area contributed by atoms with Crippen LogP contribution >= 0.6 is 52.3 Å². The number of H-pyrrole nitrogens is 1. The lowest BCUT2D eigenvalue weighted by Crippen LogP contribution is -2.15. The molecule has 0 atom stereocenters. The second kappa shape index (κ2) is 12.7. The van der Waals surface area contributed by atoms with E-state index in [-0.39, 0.29) is 30.4 Å². The molecule has 0 aliphatic carbocycles. The summed E-state index contributed by atoms with van der Waals surface area (Å²) in [6.45, 7) is 0.967. The molecule has 0 amide bonds. The molecule has 0 spiro atoms. The molecule has 6 nitrogen and oxygen atoms in total. The summed E-state index contributed by atoms with van der Waals surface area (Å²) in [5, 5.41) is 10.4. The first-order valence-corrected chi connectivity index (χ1v) is 9.59. The summed E-state index contributed by atoms with van der Waals surface area (Å²) in [5.41, 5.74) is 2.37. The van der Waals surface area contributed by atoms with E-state index in [9.17, 15) is 4.79 Å². The first-order chi connectivity index (χ1) is 13.1. The molecular formula is C19H20BrCl3N4O2. The molecule has 0 aliphatic rings. The van der Waals surface area contributed by atoms with E-state index in [2.05, 4.69) is 36.4 Å². The van der Waals surface area contributed by atoms with E-state index < -0.39 is 0 Å². The van der Waals surface area contributed by atoms with Gasteiger partial charge in [-0.1, -0.05) is 29.8 Å².